The molecule has 1 amide bonds. The smallest absolute Gasteiger partial charge is 0.423 e. The van der Waals surface area contributed by atoms with Crippen molar-refractivity contribution in [1.82, 2.24) is 24.5 Å². The lowest BCUT2D eigenvalue weighted by Gasteiger charge is -2.29. The molecular formula is C29H35F3N6O5S. The fraction of sp³-hybridized carbons (Fsp3) is 0.414. The van der Waals surface area contributed by atoms with Gasteiger partial charge in [0.05, 0.1) is 25.1 Å². The molecule has 238 valence electrons. The van der Waals surface area contributed by atoms with E-state index >= 15 is 0 Å². The average molecular weight is 637 g/mol. The third kappa shape index (κ3) is 7.76. The molecule has 4 rings (SSSR count). The molecule has 3 aromatic rings. The van der Waals surface area contributed by atoms with Crippen LogP contribution < -0.4 is 20.1 Å². The van der Waals surface area contributed by atoms with E-state index in [9.17, 15) is 26.4 Å². The van der Waals surface area contributed by atoms with Gasteiger partial charge in [0.25, 0.3) is 5.91 Å². The van der Waals surface area contributed by atoms with Crippen LogP contribution in [0.15, 0.2) is 48.7 Å². The summed E-state index contributed by atoms with van der Waals surface area (Å²) in [6, 6.07) is 10.7. The predicted molar refractivity (Wildman–Crippen MR) is 159 cm³/mol. The van der Waals surface area contributed by atoms with Crippen LogP contribution in [0.2, 0.25) is 0 Å². The largest absolute Gasteiger partial charge is 0.495 e. The van der Waals surface area contributed by atoms with Crippen molar-refractivity contribution >= 4 is 27.6 Å². The van der Waals surface area contributed by atoms with Crippen LogP contribution in [0.4, 0.5) is 24.8 Å². The van der Waals surface area contributed by atoms with E-state index in [4.69, 9.17) is 9.47 Å². The Morgan fingerprint density at radius 1 is 1.14 bits per heavy atom. The number of benzene rings is 2. The highest BCUT2D eigenvalue weighted by Gasteiger charge is 2.43. The molecule has 44 heavy (non-hydrogen) atoms. The van der Waals surface area contributed by atoms with E-state index < -0.39 is 39.8 Å². The van der Waals surface area contributed by atoms with Crippen LogP contribution in [-0.4, -0.2) is 87.2 Å². The second kappa shape index (κ2) is 13.4. The van der Waals surface area contributed by atoms with Crippen LogP contribution in [0.3, 0.4) is 0 Å². The van der Waals surface area contributed by atoms with Gasteiger partial charge in [-0.1, -0.05) is 24.3 Å². The van der Waals surface area contributed by atoms with Crippen molar-refractivity contribution in [2.45, 2.75) is 31.2 Å². The monoisotopic (exact) mass is 636 g/mol. The average Bonchev–Trinajstić information content (AvgIpc) is 3.31. The third-order valence-electron chi connectivity index (χ3n) is 7.16. The molecule has 0 saturated carbocycles. The molecule has 0 bridgehead atoms. The van der Waals surface area contributed by atoms with Crippen LogP contribution >= 0.6 is 0 Å². The van der Waals surface area contributed by atoms with Gasteiger partial charge in [-0.3, -0.25) is 4.79 Å². The number of rotatable bonds is 12. The minimum atomic E-state index is -4.86. The molecule has 2 aromatic carbocycles. The molecule has 2 N–H and O–H groups in total. The number of hydrogen-bond acceptors (Lipinski definition) is 9. The number of sulfonamides is 1. The van der Waals surface area contributed by atoms with Crippen LogP contribution in [0.1, 0.15) is 39.5 Å². The van der Waals surface area contributed by atoms with Crippen molar-refractivity contribution in [3.63, 3.8) is 0 Å². The maximum atomic E-state index is 14.1. The maximum Gasteiger partial charge on any atom is 0.423 e. The first-order chi connectivity index (χ1) is 20.7. The lowest BCUT2D eigenvalue weighted by Crippen LogP contribution is -2.38. The third-order valence-corrected chi connectivity index (χ3v) is 8.43. The maximum absolute atomic E-state index is 14.1. The van der Waals surface area contributed by atoms with Gasteiger partial charge in [0.15, 0.2) is 0 Å². The second-order valence-electron chi connectivity index (χ2n) is 10.6. The fourth-order valence-electron chi connectivity index (χ4n) is 4.90. The van der Waals surface area contributed by atoms with Crippen LogP contribution in [0.25, 0.3) is 0 Å². The molecule has 0 saturated heterocycles. The van der Waals surface area contributed by atoms with Crippen molar-refractivity contribution in [3.8, 4) is 11.6 Å². The number of nitrogens with one attached hydrogen (secondary N) is 2. The zero-order chi connectivity index (χ0) is 32.2. The minimum absolute atomic E-state index is 0.157. The molecule has 1 aromatic heterocycles. The lowest BCUT2D eigenvalue weighted by molar-refractivity contribution is -0.140. The predicted octanol–water partition coefficient (Wildman–Crippen LogP) is 3.87. The second-order valence-corrected chi connectivity index (χ2v) is 12.7. The molecule has 0 spiro atoms. The highest BCUT2D eigenvalue weighted by atomic mass is 32.2. The standard InChI is InChI=1S/C29H35F3N6O5S/c1-37(2)14-8-13-33-26(39)19-11-12-23(42-4)22(15-19)35-28-34-17-21(29(30,31)32)27(36-28)43-24-16-18-9-6-7-10-20(18)25(24)38(3)44(5,40)41/h6-7,9-12,15,17,24-25H,8,13-14,16H2,1-5H3,(H,33,39)(H,34,35,36)/t24-,25-/m1/s1. The van der Waals surface area contributed by atoms with E-state index in [0.717, 1.165) is 29.1 Å². The number of alkyl halides is 3. The fourth-order valence-corrected chi connectivity index (χ4v) is 5.56. The van der Waals surface area contributed by atoms with E-state index in [1.807, 2.05) is 19.0 Å². The molecule has 0 radical (unpaired) electrons. The summed E-state index contributed by atoms with van der Waals surface area (Å²) in [5.74, 6) is -1.07. The van der Waals surface area contributed by atoms with Gasteiger partial charge in [-0.05, 0) is 56.4 Å². The Kier molecular flexibility index (Phi) is 10.0. The molecule has 0 fully saturated rings. The van der Waals surface area contributed by atoms with Crippen LogP contribution in [0.5, 0.6) is 11.6 Å². The molecule has 0 unspecified atom stereocenters. The lowest BCUT2D eigenvalue weighted by atomic mass is 10.1. The first kappa shape index (κ1) is 33.0. The van der Waals surface area contributed by atoms with Gasteiger partial charge in [0.2, 0.25) is 21.9 Å². The summed E-state index contributed by atoms with van der Waals surface area (Å²) in [4.78, 5) is 22.6. The van der Waals surface area contributed by atoms with E-state index in [-0.39, 0.29) is 29.5 Å². The highest BCUT2D eigenvalue weighted by Crippen LogP contribution is 2.42. The molecule has 1 aliphatic rings. The number of nitrogens with zero attached hydrogens (tertiary/aromatic N) is 4. The van der Waals surface area contributed by atoms with E-state index in [1.54, 1.807) is 36.4 Å². The number of aromatic nitrogens is 2. The quantitative estimate of drug-likeness (QED) is 0.285. The number of halogens is 3. The number of likely N-dealkylation sites (N-methyl/N-ethyl adjacent to an activating group) is 1. The summed E-state index contributed by atoms with van der Waals surface area (Å²) < 4.78 is 79.5. The number of anilines is 2. The Balaban J connectivity index is 1.64. The Hall–Kier alpha value is -3.95. The van der Waals surface area contributed by atoms with Gasteiger partial charge in [-0.2, -0.15) is 22.5 Å². The van der Waals surface area contributed by atoms with Gasteiger partial charge < -0.3 is 25.0 Å². The van der Waals surface area contributed by atoms with Gasteiger partial charge in [-0.15, -0.1) is 0 Å². The van der Waals surface area contributed by atoms with Crippen molar-refractivity contribution in [3.05, 3.63) is 70.9 Å². The van der Waals surface area contributed by atoms with Crippen molar-refractivity contribution in [1.29, 1.82) is 0 Å². The summed E-state index contributed by atoms with van der Waals surface area (Å²) in [6.07, 6.45) is -3.36. The topological polar surface area (TPSA) is 126 Å². The van der Waals surface area contributed by atoms with Gasteiger partial charge in [0.1, 0.15) is 17.4 Å². The minimum Gasteiger partial charge on any atom is -0.495 e. The molecule has 15 heteroatoms. The van der Waals surface area contributed by atoms with Crippen LogP contribution in [0, 0.1) is 0 Å². The van der Waals surface area contributed by atoms with Crippen molar-refractivity contribution in [2.24, 2.45) is 0 Å². The Morgan fingerprint density at radius 2 is 1.86 bits per heavy atom. The zero-order valence-electron chi connectivity index (χ0n) is 25.0. The first-order valence-corrected chi connectivity index (χ1v) is 15.5. The number of methoxy groups -OCH3 is 1. The molecule has 1 heterocycles. The highest BCUT2D eigenvalue weighted by molar-refractivity contribution is 7.88. The Bertz CT molecular complexity index is 1600. The Morgan fingerprint density at radius 3 is 2.52 bits per heavy atom. The number of carbonyl (C=O) groups excluding carboxylic acids is 1. The zero-order valence-corrected chi connectivity index (χ0v) is 25.8. The first-order valence-electron chi connectivity index (χ1n) is 13.7. The molecule has 2 atom stereocenters. The molecule has 11 nitrogen and oxygen atoms in total. The summed E-state index contributed by atoms with van der Waals surface area (Å²) >= 11 is 0. The Labute approximate surface area is 254 Å². The van der Waals surface area contributed by atoms with E-state index in [0.29, 0.717) is 24.1 Å². The van der Waals surface area contributed by atoms with Gasteiger partial charge >= 0.3 is 6.18 Å². The summed E-state index contributed by atoms with van der Waals surface area (Å²) in [5, 5.41) is 5.66. The molecule has 1 aliphatic carbocycles. The summed E-state index contributed by atoms with van der Waals surface area (Å²) in [7, 11) is 2.89. The number of amides is 1. The van der Waals surface area contributed by atoms with Crippen LogP contribution in [-0.2, 0) is 22.6 Å². The molecular weight excluding hydrogens is 601 g/mol. The van der Waals surface area contributed by atoms with Gasteiger partial charge in [0, 0.05) is 31.8 Å². The normalized spacial score (nSPS) is 16.6. The van der Waals surface area contributed by atoms with Crippen molar-refractivity contribution in [2.75, 3.05) is 52.9 Å². The van der Waals surface area contributed by atoms with Crippen molar-refractivity contribution < 1.29 is 35.9 Å². The number of hydrogen-bond donors (Lipinski definition) is 2. The number of fused-ring (bicyclic) bond motifs is 1. The van der Waals surface area contributed by atoms with E-state index in [2.05, 4.69) is 20.6 Å². The molecule has 0 aliphatic heterocycles. The van der Waals surface area contributed by atoms with E-state index in [1.165, 1.54) is 20.2 Å². The SMILES string of the molecule is COc1ccc(C(=O)NCCCN(C)C)cc1Nc1ncc(C(F)(F)F)c(O[C@@H]2Cc3ccccc3[C@H]2N(C)S(C)(=O)=O)n1. The van der Waals surface area contributed by atoms with Gasteiger partial charge in [-0.25, -0.2) is 13.4 Å². The number of ether oxygens (including phenoxy) is 2. The summed E-state index contributed by atoms with van der Waals surface area (Å²) in [6.45, 7) is 1.25. The number of carbonyl (C=O) groups is 1. The summed E-state index contributed by atoms with van der Waals surface area (Å²) in [5.41, 5.74) is 0.685.